The van der Waals surface area contributed by atoms with Crippen LogP contribution in [0.5, 0.6) is 0 Å². The van der Waals surface area contributed by atoms with Crippen molar-refractivity contribution in [2.75, 3.05) is 32.7 Å². The van der Waals surface area contributed by atoms with Crippen LogP contribution in [-0.4, -0.2) is 127 Å². The smallest absolute Gasteiger partial charge is 0.326 e. The maximum Gasteiger partial charge on any atom is 0.326 e. The number of rotatable bonds is 37. The summed E-state index contributed by atoms with van der Waals surface area (Å²) in [7, 11) is 0. The van der Waals surface area contributed by atoms with Gasteiger partial charge in [0.05, 0.1) is 6.54 Å². The Morgan fingerprint density at radius 3 is 0.831 bits per heavy atom. The molecule has 0 aliphatic rings. The van der Waals surface area contributed by atoms with Crippen LogP contribution in [0.3, 0.4) is 0 Å². The number of hydrogen-bond acceptors (Lipinski definition) is 13. The van der Waals surface area contributed by atoms with Crippen LogP contribution in [-0.2, 0) is 38.4 Å². The van der Waals surface area contributed by atoms with Gasteiger partial charge in [0.1, 0.15) is 42.3 Å². The molecule has 0 heterocycles. The van der Waals surface area contributed by atoms with Crippen LogP contribution in [0, 0.1) is 17.8 Å². The van der Waals surface area contributed by atoms with E-state index in [1.807, 2.05) is 41.5 Å². The Kier molecular flexibility index (Phi) is 32.5. The van der Waals surface area contributed by atoms with E-state index in [9.17, 15) is 43.5 Å². The number of hydrogen-bond donors (Lipinski definition) is 13. The first-order valence-corrected chi connectivity index (χ1v) is 23.6. The fourth-order valence-corrected chi connectivity index (χ4v) is 7.03. The van der Waals surface area contributed by atoms with Gasteiger partial charge < -0.3 is 71.0 Å². The first-order chi connectivity index (χ1) is 30.7. The lowest BCUT2D eigenvalue weighted by molar-refractivity contribution is -0.142. The van der Waals surface area contributed by atoms with Crippen molar-refractivity contribution in [2.24, 2.45) is 46.4 Å². The normalized spacial score (nSPS) is 14.6. The van der Waals surface area contributed by atoms with Crippen molar-refractivity contribution in [3.05, 3.63) is 0 Å². The highest BCUT2D eigenvalue weighted by atomic mass is 16.4. The standard InChI is InChI=1S/C44H86N12O9/c1-27(2)23-34(41(61)52-31(16-8-12-20-46)39(59)53-33(44(64)65)18-10-14-22-48)55-43(63)36(25-29(5)6)56-42(62)35(24-28(3)4)54-40(60)32(17-9-13-21-47)51-38(58)30(15-7-11-19-45)50-37(57)26-49/h27-36H,7-26,45-49H2,1-6H3,(H,50,57)(H,51,58)(H,52,61)(H,53,59)(H,54,60)(H,55,63)(H,56,62)(H,64,65)/t30-,31-,32-,33-,34-,35-,36-/m0/s1. The molecule has 0 radical (unpaired) electrons. The molecule has 65 heavy (non-hydrogen) atoms. The van der Waals surface area contributed by atoms with E-state index in [-0.39, 0.29) is 69.2 Å². The monoisotopic (exact) mass is 927 g/mol. The summed E-state index contributed by atoms with van der Waals surface area (Å²) in [5.74, 6) is -5.98. The van der Waals surface area contributed by atoms with Crippen LogP contribution in [0.1, 0.15) is 138 Å². The zero-order chi connectivity index (χ0) is 49.5. The summed E-state index contributed by atoms with van der Waals surface area (Å²) >= 11 is 0. The molecule has 0 bridgehead atoms. The van der Waals surface area contributed by atoms with Crippen LogP contribution in [0.2, 0.25) is 0 Å². The second kappa shape index (κ2) is 34.8. The van der Waals surface area contributed by atoms with Gasteiger partial charge in [0.2, 0.25) is 41.4 Å². The van der Waals surface area contributed by atoms with E-state index in [0.29, 0.717) is 77.5 Å². The Balaban J connectivity index is 6.50. The van der Waals surface area contributed by atoms with Gasteiger partial charge in [-0.05, 0) is 140 Å². The molecule has 0 fully saturated rings. The second-order valence-corrected chi connectivity index (χ2v) is 18.1. The van der Waals surface area contributed by atoms with Crippen molar-refractivity contribution >= 4 is 47.3 Å². The summed E-state index contributed by atoms with van der Waals surface area (Å²) in [6.45, 7) is 12.3. The first-order valence-electron chi connectivity index (χ1n) is 23.6. The number of carboxylic acids is 1. The average Bonchev–Trinajstić information content (AvgIpc) is 3.23. The molecule has 7 amide bonds. The molecule has 0 spiro atoms. The summed E-state index contributed by atoms with van der Waals surface area (Å²) in [4.78, 5) is 107. The van der Waals surface area contributed by atoms with E-state index in [1.165, 1.54) is 0 Å². The number of aliphatic carboxylic acids is 1. The molecule has 0 unspecified atom stereocenters. The van der Waals surface area contributed by atoms with Crippen LogP contribution in [0.25, 0.3) is 0 Å². The Morgan fingerprint density at radius 1 is 0.354 bits per heavy atom. The van der Waals surface area contributed by atoms with Crippen molar-refractivity contribution in [3.8, 4) is 0 Å². The Morgan fingerprint density at radius 2 is 0.585 bits per heavy atom. The average molecular weight is 927 g/mol. The molecular weight excluding hydrogens is 841 g/mol. The molecule has 0 saturated carbocycles. The lowest BCUT2D eigenvalue weighted by atomic mass is 9.98. The van der Waals surface area contributed by atoms with Gasteiger partial charge in [0.25, 0.3) is 0 Å². The summed E-state index contributed by atoms with van der Waals surface area (Å²) in [5, 5.41) is 28.8. The summed E-state index contributed by atoms with van der Waals surface area (Å²) in [6.07, 6.45) is 5.50. The molecule has 0 aliphatic carbocycles. The van der Waals surface area contributed by atoms with E-state index in [1.54, 1.807) is 0 Å². The Bertz CT molecular complexity index is 1450. The minimum absolute atomic E-state index is 0.0991. The van der Waals surface area contributed by atoms with E-state index >= 15 is 0 Å². The van der Waals surface area contributed by atoms with Crippen molar-refractivity contribution < 1.29 is 43.5 Å². The third-order valence-electron chi connectivity index (χ3n) is 10.5. The molecule has 0 aliphatic heterocycles. The maximum absolute atomic E-state index is 14.1. The van der Waals surface area contributed by atoms with E-state index in [4.69, 9.17) is 28.7 Å². The minimum atomic E-state index is -1.22. The molecule has 21 heteroatoms. The van der Waals surface area contributed by atoms with Gasteiger partial charge >= 0.3 is 5.97 Å². The summed E-state index contributed by atoms with van der Waals surface area (Å²) in [6, 6.07) is -7.82. The third kappa shape index (κ3) is 27.0. The van der Waals surface area contributed by atoms with Crippen molar-refractivity contribution in [3.63, 3.8) is 0 Å². The van der Waals surface area contributed by atoms with E-state index in [0.717, 1.165) is 0 Å². The van der Waals surface area contributed by atoms with Gasteiger partial charge in [0.15, 0.2) is 0 Å². The number of unbranched alkanes of at least 4 members (excludes halogenated alkanes) is 4. The summed E-state index contributed by atoms with van der Waals surface area (Å²) in [5.41, 5.74) is 28.1. The molecule has 7 atom stereocenters. The fraction of sp³-hybridized carbons (Fsp3) is 0.818. The van der Waals surface area contributed by atoms with Crippen LogP contribution in [0.4, 0.5) is 0 Å². The Labute approximate surface area is 386 Å². The topological polar surface area (TPSA) is 371 Å². The molecule has 18 N–H and O–H groups in total. The predicted octanol–water partition coefficient (Wildman–Crippen LogP) is -0.922. The largest absolute Gasteiger partial charge is 0.480 e. The number of nitrogens with two attached hydrogens (primary N) is 5. The molecule has 0 aromatic rings. The van der Waals surface area contributed by atoms with Crippen LogP contribution >= 0.6 is 0 Å². The summed E-state index contributed by atoms with van der Waals surface area (Å²) < 4.78 is 0. The molecule has 376 valence electrons. The number of carbonyl (C=O) groups excluding carboxylic acids is 7. The SMILES string of the molecule is CC(C)C[C@H](NC(=O)[C@H](CC(C)C)NC(=O)[C@H](CC(C)C)NC(=O)[C@H](CCCCN)NC(=O)[C@H](CCCCN)NC(=O)CN)C(=O)N[C@@H](CCCCN)C(=O)N[C@@H](CCCCN)C(=O)O. The zero-order valence-corrected chi connectivity index (χ0v) is 40.0. The molecule has 21 nitrogen and oxygen atoms in total. The highest BCUT2D eigenvalue weighted by Gasteiger charge is 2.34. The molecule has 0 aromatic heterocycles. The number of nitrogens with one attached hydrogen (secondary N) is 7. The van der Waals surface area contributed by atoms with Crippen LogP contribution in [0.15, 0.2) is 0 Å². The van der Waals surface area contributed by atoms with Gasteiger partial charge in [-0.15, -0.1) is 0 Å². The quantitative estimate of drug-likeness (QED) is 0.0335. The van der Waals surface area contributed by atoms with Crippen LogP contribution < -0.4 is 65.9 Å². The minimum Gasteiger partial charge on any atom is -0.480 e. The lowest BCUT2D eigenvalue weighted by Gasteiger charge is -2.29. The van der Waals surface area contributed by atoms with Crippen molar-refractivity contribution in [2.45, 2.75) is 180 Å². The van der Waals surface area contributed by atoms with Gasteiger partial charge in [-0.25, -0.2) is 4.79 Å². The zero-order valence-electron chi connectivity index (χ0n) is 40.0. The third-order valence-corrected chi connectivity index (χ3v) is 10.5. The van der Waals surface area contributed by atoms with Gasteiger partial charge in [0, 0.05) is 0 Å². The highest BCUT2D eigenvalue weighted by Crippen LogP contribution is 2.14. The van der Waals surface area contributed by atoms with Crippen molar-refractivity contribution in [1.82, 2.24) is 37.2 Å². The lowest BCUT2D eigenvalue weighted by Crippen LogP contribution is -2.60. The number of carbonyl (C=O) groups is 8. The fourth-order valence-electron chi connectivity index (χ4n) is 7.03. The maximum atomic E-state index is 14.1. The van der Waals surface area contributed by atoms with Gasteiger partial charge in [-0.2, -0.15) is 0 Å². The second-order valence-electron chi connectivity index (χ2n) is 18.1. The molecule has 0 rings (SSSR count). The molecule has 0 aromatic carbocycles. The molecule has 0 saturated heterocycles. The van der Waals surface area contributed by atoms with Gasteiger partial charge in [-0.3, -0.25) is 33.6 Å². The predicted molar refractivity (Wildman–Crippen MR) is 250 cm³/mol. The highest BCUT2D eigenvalue weighted by molar-refractivity contribution is 5.97. The number of amides is 7. The number of carboxylic acid groups (broad SMARTS) is 1. The molecular formula is C44H86N12O9. The van der Waals surface area contributed by atoms with E-state index in [2.05, 4.69) is 37.2 Å². The van der Waals surface area contributed by atoms with Gasteiger partial charge in [-0.1, -0.05) is 41.5 Å². The van der Waals surface area contributed by atoms with Crippen molar-refractivity contribution in [1.29, 1.82) is 0 Å². The Hall–Kier alpha value is -4.44. The van der Waals surface area contributed by atoms with E-state index < -0.39 is 89.6 Å². The first kappa shape index (κ1) is 60.6.